The number of hydrogen-bond acceptors (Lipinski definition) is 4. The van der Waals surface area contributed by atoms with E-state index >= 15 is 0 Å². The van der Waals surface area contributed by atoms with Crippen LogP contribution in [0.5, 0.6) is 0 Å². The zero-order chi connectivity index (χ0) is 9.10. The highest BCUT2D eigenvalue weighted by Crippen LogP contribution is 2.13. The minimum atomic E-state index is 0.586. The number of hydrogen-bond donors (Lipinski definition) is 0. The molecule has 0 N–H and O–H groups in total. The van der Waals surface area contributed by atoms with Crippen molar-refractivity contribution in [1.29, 1.82) is 0 Å². The van der Waals surface area contributed by atoms with Gasteiger partial charge in [0.1, 0.15) is 18.3 Å². The summed E-state index contributed by atoms with van der Waals surface area (Å²) in [6.07, 6.45) is 4.61. The summed E-state index contributed by atoms with van der Waals surface area (Å²) in [5, 5.41) is 0. The molecule has 2 heterocycles. The standard InChI is InChI=1S/C8H5BrN4/c9-6-1-2-7(11-3-6)8-12-4-10-5-13-8/h1-5H. The molecular formula is C8H5BrN4. The van der Waals surface area contributed by atoms with E-state index in [1.807, 2.05) is 12.1 Å². The molecule has 0 spiro atoms. The lowest BCUT2D eigenvalue weighted by Crippen LogP contribution is -1.90. The van der Waals surface area contributed by atoms with Gasteiger partial charge in [0, 0.05) is 10.7 Å². The Bertz CT molecular complexity index is 387. The van der Waals surface area contributed by atoms with Gasteiger partial charge in [0.25, 0.3) is 0 Å². The van der Waals surface area contributed by atoms with E-state index in [0.29, 0.717) is 5.82 Å². The molecule has 2 rings (SSSR count). The normalized spacial score (nSPS) is 9.92. The van der Waals surface area contributed by atoms with Gasteiger partial charge >= 0.3 is 0 Å². The van der Waals surface area contributed by atoms with Crippen LogP contribution in [0, 0.1) is 0 Å². The molecular weight excluding hydrogens is 232 g/mol. The Balaban J connectivity index is 2.42. The molecule has 2 aromatic rings. The Morgan fingerprint density at radius 3 is 2.38 bits per heavy atom. The first-order valence-electron chi connectivity index (χ1n) is 3.60. The van der Waals surface area contributed by atoms with Crippen molar-refractivity contribution in [3.63, 3.8) is 0 Å². The molecule has 0 saturated heterocycles. The molecule has 5 heteroatoms. The highest BCUT2D eigenvalue weighted by atomic mass is 79.9. The van der Waals surface area contributed by atoms with Crippen molar-refractivity contribution in [3.8, 4) is 11.5 Å². The van der Waals surface area contributed by atoms with E-state index in [-0.39, 0.29) is 0 Å². The van der Waals surface area contributed by atoms with Gasteiger partial charge in [-0.25, -0.2) is 15.0 Å². The van der Waals surface area contributed by atoms with E-state index in [1.165, 1.54) is 12.7 Å². The molecule has 0 atom stereocenters. The van der Waals surface area contributed by atoms with Gasteiger partial charge in [-0.1, -0.05) is 0 Å². The van der Waals surface area contributed by atoms with Crippen molar-refractivity contribution in [1.82, 2.24) is 19.9 Å². The summed E-state index contributed by atoms with van der Waals surface area (Å²) in [5.41, 5.74) is 0.741. The monoisotopic (exact) mass is 236 g/mol. The van der Waals surface area contributed by atoms with Crippen LogP contribution in [0.1, 0.15) is 0 Å². The van der Waals surface area contributed by atoms with E-state index < -0.39 is 0 Å². The molecule has 0 fully saturated rings. The summed E-state index contributed by atoms with van der Waals surface area (Å²) < 4.78 is 0.935. The maximum Gasteiger partial charge on any atom is 0.181 e. The van der Waals surface area contributed by atoms with Gasteiger partial charge < -0.3 is 0 Å². The van der Waals surface area contributed by atoms with Crippen molar-refractivity contribution in [3.05, 3.63) is 35.5 Å². The topological polar surface area (TPSA) is 51.6 Å². The van der Waals surface area contributed by atoms with Gasteiger partial charge in [0.2, 0.25) is 0 Å². The summed E-state index contributed by atoms with van der Waals surface area (Å²) in [6.45, 7) is 0. The third-order valence-electron chi connectivity index (χ3n) is 1.45. The van der Waals surface area contributed by atoms with E-state index in [9.17, 15) is 0 Å². The molecule has 0 unspecified atom stereocenters. The zero-order valence-corrected chi connectivity index (χ0v) is 8.14. The number of halogens is 1. The number of pyridine rings is 1. The highest BCUT2D eigenvalue weighted by Gasteiger charge is 1.99. The maximum atomic E-state index is 4.15. The number of nitrogens with zero attached hydrogens (tertiary/aromatic N) is 4. The second kappa shape index (κ2) is 3.57. The van der Waals surface area contributed by atoms with Gasteiger partial charge in [0.15, 0.2) is 5.82 Å². The van der Waals surface area contributed by atoms with E-state index in [4.69, 9.17) is 0 Å². The average Bonchev–Trinajstić information content (AvgIpc) is 2.20. The van der Waals surface area contributed by atoms with Crippen LogP contribution < -0.4 is 0 Å². The quantitative estimate of drug-likeness (QED) is 0.757. The van der Waals surface area contributed by atoms with Crippen molar-refractivity contribution < 1.29 is 0 Å². The fourth-order valence-electron chi connectivity index (χ4n) is 0.880. The summed E-state index contributed by atoms with van der Waals surface area (Å²) in [4.78, 5) is 15.8. The summed E-state index contributed by atoms with van der Waals surface area (Å²) in [5.74, 6) is 0.586. The fourth-order valence-corrected chi connectivity index (χ4v) is 1.11. The van der Waals surface area contributed by atoms with Crippen LogP contribution in [0.3, 0.4) is 0 Å². The SMILES string of the molecule is Brc1ccc(-c2ncncn2)nc1. The first-order chi connectivity index (χ1) is 6.36. The third kappa shape index (κ3) is 1.86. The molecule has 0 aliphatic carbocycles. The van der Waals surface area contributed by atoms with Crippen molar-refractivity contribution in [2.45, 2.75) is 0 Å². The largest absolute Gasteiger partial charge is 0.252 e. The lowest BCUT2D eigenvalue weighted by Gasteiger charge is -1.96. The number of rotatable bonds is 1. The number of aromatic nitrogens is 4. The third-order valence-corrected chi connectivity index (χ3v) is 1.92. The predicted octanol–water partition coefficient (Wildman–Crippen LogP) is 1.70. The highest BCUT2D eigenvalue weighted by molar-refractivity contribution is 9.10. The maximum absolute atomic E-state index is 4.15. The predicted molar refractivity (Wildman–Crippen MR) is 50.8 cm³/mol. The Hall–Kier alpha value is -1.36. The molecule has 0 radical (unpaired) electrons. The first kappa shape index (κ1) is 8.25. The summed E-state index contributed by atoms with van der Waals surface area (Å²) in [6, 6.07) is 3.74. The lowest BCUT2D eigenvalue weighted by molar-refractivity contribution is 1.04. The Morgan fingerprint density at radius 2 is 1.77 bits per heavy atom. The van der Waals surface area contributed by atoms with Gasteiger partial charge in [-0.15, -0.1) is 0 Å². The Morgan fingerprint density at radius 1 is 1.00 bits per heavy atom. The van der Waals surface area contributed by atoms with Gasteiger partial charge in [0.05, 0.1) is 0 Å². The zero-order valence-electron chi connectivity index (χ0n) is 6.55. The second-order valence-corrected chi connectivity index (χ2v) is 3.24. The molecule has 0 aromatic carbocycles. The van der Waals surface area contributed by atoms with Crippen molar-refractivity contribution >= 4 is 15.9 Å². The molecule has 4 nitrogen and oxygen atoms in total. The van der Waals surface area contributed by atoms with Gasteiger partial charge in [-0.2, -0.15) is 0 Å². The van der Waals surface area contributed by atoms with Crippen LogP contribution in [0.4, 0.5) is 0 Å². The van der Waals surface area contributed by atoms with Crippen molar-refractivity contribution in [2.75, 3.05) is 0 Å². The minimum Gasteiger partial charge on any atom is -0.252 e. The fraction of sp³-hybridized carbons (Fsp3) is 0. The van der Waals surface area contributed by atoms with Crippen LogP contribution in [0.2, 0.25) is 0 Å². The van der Waals surface area contributed by atoms with E-state index in [2.05, 4.69) is 35.9 Å². The molecule has 0 aliphatic rings. The molecule has 0 saturated carbocycles. The second-order valence-electron chi connectivity index (χ2n) is 2.32. The van der Waals surface area contributed by atoms with Gasteiger partial charge in [-0.05, 0) is 28.1 Å². The molecule has 2 aromatic heterocycles. The molecule has 0 aliphatic heterocycles. The van der Waals surface area contributed by atoms with Crippen molar-refractivity contribution in [2.24, 2.45) is 0 Å². The molecule has 13 heavy (non-hydrogen) atoms. The first-order valence-corrected chi connectivity index (χ1v) is 4.39. The van der Waals surface area contributed by atoms with Crippen LogP contribution >= 0.6 is 15.9 Å². The Kier molecular flexibility index (Phi) is 2.27. The molecule has 0 bridgehead atoms. The minimum absolute atomic E-state index is 0.586. The smallest absolute Gasteiger partial charge is 0.181 e. The molecule has 0 amide bonds. The van der Waals surface area contributed by atoms with Crippen LogP contribution in [0.25, 0.3) is 11.5 Å². The van der Waals surface area contributed by atoms with E-state index in [0.717, 1.165) is 10.2 Å². The molecule has 64 valence electrons. The summed E-state index contributed by atoms with van der Waals surface area (Å²) in [7, 11) is 0. The lowest BCUT2D eigenvalue weighted by atomic mass is 10.3. The van der Waals surface area contributed by atoms with Crippen LogP contribution in [-0.2, 0) is 0 Å². The van der Waals surface area contributed by atoms with E-state index in [1.54, 1.807) is 6.20 Å². The Labute approximate surface area is 83.2 Å². The summed E-state index contributed by atoms with van der Waals surface area (Å²) >= 11 is 3.30. The van der Waals surface area contributed by atoms with Gasteiger partial charge in [-0.3, -0.25) is 4.98 Å². The average molecular weight is 237 g/mol. The van der Waals surface area contributed by atoms with Crippen LogP contribution in [-0.4, -0.2) is 19.9 Å². The van der Waals surface area contributed by atoms with Crippen LogP contribution in [0.15, 0.2) is 35.5 Å².